The second-order valence-corrected chi connectivity index (χ2v) is 6.69. The van der Waals surface area contributed by atoms with Crippen molar-refractivity contribution in [3.63, 3.8) is 0 Å². The highest BCUT2D eigenvalue weighted by atomic mass is 16.5. The van der Waals surface area contributed by atoms with Gasteiger partial charge in [-0.15, -0.1) is 0 Å². The Kier molecular flexibility index (Phi) is 5.94. The lowest BCUT2D eigenvalue weighted by Crippen LogP contribution is -2.23. The molecule has 1 aromatic rings. The topological polar surface area (TPSA) is 55.4 Å². The summed E-state index contributed by atoms with van der Waals surface area (Å²) in [5.74, 6) is -0.356. The molecule has 4 heteroatoms. The zero-order valence-electron chi connectivity index (χ0n) is 13.5. The number of para-hydroxylation sites is 1. The van der Waals surface area contributed by atoms with Gasteiger partial charge in [-0.25, -0.2) is 0 Å². The van der Waals surface area contributed by atoms with E-state index in [2.05, 4.69) is 19.2 Å². The molecule has 0 saturated carbocycles. The molecule has 1 N–H and O–H groups in total. The molecule has 0 aromatic heterocycles. The zero-order valence-corrected chi connectivity index (χ0v) is 13.5. The van der Waals surface area contributed by atoms with E-state index in [0.717, 1.165) is 11.3 Å². The molecule has 0 aliphatic carbocycles. The van der Waals surface area contributed by atoms with Gasteiger partial charge in [0.1, 0.15) is 0 Å². The number of amides is 1. The number of anilines is 1. The van der Waals surface area contributed by atoms with E-state index in [0.29, 0.717) is 12.3 Å². The molecule has 0 fully saturated rings. The maximum atomic E-state index is 11.9. The molecule has 0 aliphatic rings. The molecule has 1 rings (SSSR count). The third-order valence-corrected chi connectivity index (χ3v) is 2.90. The van der Waals surface area contributed by atoms with Crippen LogP contribution in [-0.2, 0) is 14.3 Å². The van der Waals surface area contributed by atoms with Gasteiger partial charge in [0.15, 0.2) is 6.61 Å². The fourth-order valence-electron chi connectivity index (χ4n) is 1.93. The molecule has 0 unspecified atom stereocenters. The largest absolute Gasteiger partial charge is 0.456 e. The van der Waals surface area contributed by atoms with Gasteiger partial charge in [-0.3, -0.25) is 9.59 Å². The first-order valence-electron chi connectivity index (χ1n) is 7.23. The maximum Gasteiger partial charge on any atom is 0.306 e. The van der Waals surface area contributed by atoms with Crippen LogP contribution in [0.15, 0.2) is 24.3 Å². The van der Waals surface area contributed by atoms with Crippen molar-refractivity contribution in [3.05, 3.63) is 29.8 Å². The predicted molar refractivity (Wildman–Crippen MR) is 84.2 cm³/mol. The van der Waals surface area contributed by atoms with Crippen LogP contribution in [-0.4, -0.2) is 18.5 Å². The standard InChI is InChI=1S/C17H25NO3/c1-12(2)13-8-6-7-9-14(13)18-15(19)11-21-16(20)10-17(3,4)5/h6-9,12H,10-11H2,1-5H3,(H,18,19). The Morgan fingerprint density at radius 1 is 1.19 bits per heavy atom. The van der Waals surface area contributed by atoms with Crippen molar-refractivity contribution < 1.29 is 14.3 Å². The highest BCUT2D eigenvalue weighted by Crippen LogP contribution is 2.23. The molecule has 1 aromatic carbocycles. The van der Waals surface area contributed by atoms with Crippen LogP contribution in [0.2, 0.25) is 0 Å². The second kappa shape index (κ2) is 7.25. The van der Waals surface area contributed by atoms with Crippen LogP contribution in [0.1, 0.15) is 52.5 Å². The number of benzene rings is 1. The van der Waals surface area contributed by atoms with E-state index < -0.39 is 0 Å². The van der Waals surface area contributed by atoms with Crippen molar-refractivity contribution in [2.24, 2.45) is 5.41 Å². The smallest absolute Gasteiger partial charge is 0.306 e. The van der Waals surface area contributed by atoms with Crippen molar-refractivity contribution in [1.29, 1.82) is 0 Å². The Bertz CT molecular complexity index is 501. The van der Waals surface area contributed by atoms with Crippen molar-refractivity contribution in [1.82, 2.24) is 0 Å². The second-order valence-electron chi connectivity index (χ2n) is 6.69. The predicted octanol–water partition coefficient (Wildman–Crippen LogP) is 3.73. The SMILES string of the molecule is CC(C)c1ccccc1NC(=O)COC(=O)CC(C)(C)C. The van der Waals surface area contributed by atoms with Crippen molar-refractivity contribution in [2.45, 2.75) is 47.0 Å². The summed E-state index contributed by atoms with van der Waals surface area (Å²) in [6.07, 6.45) is 0.295. The van der Waals surface area contributed by atoms with Gasteiger partial charge < -0.3 is 10.1 Å². The van der Waals surface area contributed by atoms with Gasteiger partial charge in [0, 0.05) is 5.69 Å². The first-order chi connectivity index (χ1) is 9.69. The van der Waals surface area contributed by atoms with Gasteiger partial charge in [-0.1, -0.05) is 52.8 Å². The monoisotopic (exact) mass is 291 g/mol. The summed E-state index contributed by atoms with van der Waals surface area (Å²) in [4.78, 5) is 23.5. The number of carbonyl (C=O) groups excluding carboxylic acids is 2. The lowest BCUT2D eigenvalue weighted by Gasteiger charge is -2.17. The summed E-state index contributed by atoms with van der Waals surface area (Å²) >= 11 is 0. The summed E-state index contributed by atoms with van der Waals surface area (Å²) < 4.78 is 5.00. The summed E-state index contributed by atoms with van der Waals surface area (Å²) in [7, 11) is 0. The zero-order chi connectivity index (χ0) is 16.0. The van der Waals surface area contributed by atoms with E-state index in [4.69, 9.17) is 4.74 Å². The minimum atomic E-state index is -0.352. The molecule has 0 radical (unpaired) electrons. The molecule has 116 valence electrons. The normalized spacial score (nSPS) is 11.3. The molecule has 1 amide bonds. The Morgan fingerprint density at radius 3 is 2.38 bits per heavy atom. The van der Waals surface area contributed by atoms with Gasteiger partial charge >= 0.3 is 5.97 Å². The van der Waals surface area contributed by atoms with Gasteiger partial charge in [-0.05, 0) is 23.0 Å². The third kappa shape index (κ3) is 6.43. The molecule has 0 bridgehead atoms. The lowest BCUT2D eigenvalue weighted by molar-refractivity contribution is -0.149. The third-order valence-electron chi connectivity index (χ3n) is 2.90. The van der Waals surface area contributed by atoms with Gasteiger partial charge in [0.2, 0.25) is 0 Å². The van der Waals surface area contributed by atoms with Crippen molar-refractivity contribution in [3.8, 4) is 0 Å². The molecule has 0 atom stereocenters. The molecular formula is C17H25NO3. The summed E-state index contributed by atoms with van der Waals surface area (Å²) in [5.41, 5.74) is 1.69. The lowest BCUT2D eigenvalue weighted by atomic mass is 9.92. The maximum absolute atomic E-state index is 11.9. The summed E-state index contributed by atoms with van der Waals surface area (Å²) in [6, 6.07) is 7.64. The highest BCUT2D eigenvalue weighted by Gasteiger charge is 2.18. The van der Waals surface area contributed by atoms with Crippen LogP contribution >= 0.6 is 0 Å². The number of esters is 1. The van der Waals surface area contributed by atoms with Crippen molar-refractivity contribution in [2.75, 3.05) is 11.9 Å². The van der Waals surface area contributed by atoms with Gasteiger partial charge in [0.05, 0.1) is 6.42 Å². The Labute approximate surface area is 126 Å². The first-order valence-corrected chi connectivity index (χ1v) is 7.23. The number of hydrogen-bond donors (Lipinski definition) is 1. The van der Waals surface area contributed by atoms with E-state index in [-0.39, 0.29) is 23.9 Å². The van der Waals surface area contributed by atoms with E-state index in [9.17, 15) is 9.59 Å². The minimum absolute atomic E-state index is 0.141. The quantitative estimate of drug-likeness (QED) is 0.841. The van der Waals surface area contributed by atoms with Crippen LogP contribution in [0.4, 0.5) is 5.69 Å². The van der Waals surface area contributed by atoms with E-state index in [1.165, 1.54) is 0 Å². The first kappa shape index (κ1) is 17.2. The number of nitrogens with one attached hydrogen (secondary N) is 1. The molecule has 4 nitrogen and oxygen atoms in total. The van der Waals surface area contributed by atoms with Gasteiger partial charge in [-0.2, -0.15) is 0 Å². The Hall–Kier alpha value is -1.84. The van der Waals surface area contributed by atoms with Crippen LogP contribution in [0, 0.1) is 5.41 Å². The molecule has 0 spiro atoms. The number of hydrogen-bond acceptors (Lipinski definition) is 3. The molecule has 0 aliphatic heterocycles. The molecular weight excluding hydrogens is 266 g/mol. The van der Waals surface area contributed by atoms with Crippen LogP contribution in [0.5, 0.6) is 0 Å². The average Bonchev–Trinajstić information content (AvgIpc) is 2.35. The summed E-state index contributed by atoms with van der Waals surface area (Å²) in [6.45, 7) is 9.73. The Balaban J connectivity index is 2.53. The average molecular weight is 291 g/mol. The molecule has 0 saturated heterocycles. The van der Waals surface area contributed by atoms with Crippen LogP contribution < -0.4 is 5.32 Å². The van der Waals surface area contributed by atoms with Crippen molar-refractivity contribution >= 4 is 17.6 Å². The Morgan fingerprint density at radius 2 is 1.81 bits per heavy atom. The number of rotatable bonds is 5. The summed E-state index contributed by atoms with van der Waals surface area (Å²) in [5, 5.41) is 2.79. The minimum Gasteiger partial charge on any atom is -0.456 e. The number of ether oxygens (including phenoxy) is 1. The van der Waals surface area contributed by atoms with Crippen LogP contribution in [0.25, 0.3) is 0 Å². The van der Waals surface area contributed by atoms with E-state index in [1.807, 2.05) is 45.0 Å². The van der Waals surface area contributed by atoms with E-state index >= 15 is 0 Å². The van der Waals surface area contributed by atoms with Crippen LogP contribution in [0.3, 0.4) is 0 Å². The molecule has 21 heavy (non-hydrogen) atoms. The fraction of sp³-hybridized carbons (Fsp3) is 0.529. The van der Waals surface area contributed by atoms with E-state index in [1.54, 1.807) is 0 Å². The fourth-order valence-corrected chi connectivity index (χ4v) is 1.93. The highest BCUT2D eigenvalue weighted by molar-refractivity contribution is 5.93. The molecule has 0 heterocycles. The van der Waals surface area contributed by atoms with Gasteiger partial charge in [0.25, 0.3) is 5.91 Å². The number of carbonyl (C=O) groups is 2.